The van der Waals surface area contributed by atoms with Gasteiger partial charge in [-0.1, -0.05) is 97.1 Å². The van der Waals surface area contributed by atoms with Crippen molar-refractivity contribution >= 4 is 36.0 Å². The van der Waals surface area contributed by atoms with Gasteiger partial charge in [-0.3, -0.25) is 0 Å². The maximum Gasteiger partial charge on any atom is -0.0157 e. The van der Waals surface area contributed by atoms with Crippen molar-refractivity contribution in [1.82, 2.24) is 0 Å². The van der Waals surface area contributed by atoms with Gasteiger partial charge in [0, 0.05) is 0 Å². The Labute approximate surface area is 157 Å². The second-order valence-electron chi connectivity index (χ2n) is 5.33. The van der Waals surface area contributed by atoms with Crippen molar-refractivity contribution in [3.63, 3.8) is 0 Å². The van der Waals surface area contributed by atoms with Crippen molar-refractivity contribution in [2.24, 2.45) is 0 Å². The summed E-state index contributed by atoms with van der Waals surface area (Å²) in [6.07, 6.45) is 15.4. The fourth-order valence-electron chi connectivity index (χ4n) is 2.61. The van der Waals surface area contributed by atoms with Gasteiger partial charge in [0.2, 0.25) is 0 Å². The molecular formula is C22H22Cl2. The summed E-state index contributed by atoms with van der Waals surface area (Å²) in [4.78, 5) is 0. The maximum absolute atomic E-state index is 2.25. The van der Waals surface area contributed by atoms with Crippen molar-refractivity contribution in [3.8, 4) is 0 Å². The van der Waals surface area contributed by atoms with Gasteiger partial charge in [-0.15, -0.1) is 24.8 Å². The summed E-state index contributed by atoms with van der Waals surface area (Å²) >= 11 is 0. The Morgan fingerprint density at radius 3 is 1.17 bits per heavy atom. The van der Waals surface area contributed by atoms with Gasteiger partial charge in [0.25, 0.3) is 0 Å². The normalized spacial score (nSPS) is 13.8. The molecule has 2 aliphatic carbocycles. The zero-order valence-electron chi connectivity index (χ0n) is 13.5. The molecule has 0 aliphatic heterocycles. The van der Waals surface area contributed by atoms with Gasteiger partial charge >= 0.3 is 0 Å². The van der Waals surface area contributed by atoms with Crippen LogP contribution in [0.4, 0.5) is 0 Å². The van der Waals surface area contributed by atoms with E-state index in [0.29, 0.717) is 0 Å². The molecule has 0 bridgehead atoms. The summed E-state index contributed by atoms with van der Waals surface area (Å²) in [6, 6.07) is 20.9. The van der Waals surface area contributed by atoms with Gasteiger partial charge < -0.3 is 0 Å². The molecule has 2 heteroatoms. The van der Waals surface area contributed by atoms with Crippen LogP contribution < -0.4 is 0 Å². The highest BCUT2D eigenvalue weighted by atomic mass is 35.5. The fourth-order valence-corrected chi connectivity index (χ4v) is 2.61. The van der Waals surface area contributed by atoms with Gasteiger partial charge in [-0.05, 0) is 35.1 Å². The van der Waals surface area contributed by atoms with Gasteiger partial charge in [0.05, 0.1) is 0 Å². The molecule has 0 saturated heterocycles. The van der Waals surface area contributed by atoms with E-state index in [4.69, 9.17) is 0 Å². The first kappa shape index (κ1) is 20.0. The van der Waals surface area contributed by atoms with Crippen LogP contribution >= 0.6 is 24.8 Å². The lowest BCUT2D eigenvalue weighted by Crippen LogP contribution is -1.75. The highest BCUT2D eigenvalue weighted by Gasteiger charge is 1.99. The zero-order valence-corrected chi connectivity index (χ0v) is 15.1. The summed E-state index contributed by atoms with van der Waals surface area (Å²) in [5, 5.41) is 0. The standard InChI is InChI=1S/2C11H10.2ClH/c2*1-2-6-10(7-3-1)11-8-4-5-9-11;;/h2*1-4,6-9H,5H2;2*1H. The predicted molar refractivity (Wildman–Crippen MR) is 111 cm³/mol. The molecule has 4 rings (SSSR count). The Morgan fingerprint density at radius 1 is 0.500 bits per heavy atom. The summed E-state index contributed by atoms with van der Waals surface area (Å²) in [6.45, 7) is 0. The van der Waals surface area contributed by atoms with E-state index in [0.717, 1.165) is 12.8 Å². The number of allylic oxidation sites excluding steroid dienone is 8. The number of rotatable bonds is 2. The third kappa shape index (κ3) is 5.56. The fraction of sp³-hybridized carbons (Fsp3) is 0.0909. The first-order chi connectivity index (χ1) is 10.9. The van der Waals surface area contributed by atoms with Crippen molar-refractivity contribution < 1.29 is 0 Å². The average Bonchev–Trinajstić information content (AvgIpc) is 3.31. The van der Waals surface area contributed by atoms with E-state index in [1.807, 2.05) is 12.1 Å². The Bertz CT molecular complexity index is 658. The molecule has 2 aromatic carbocycles. The molecule has 0 saturated carbocycles. The summed E-state index contributed by atoms with van der Waals surface area (Å²) in [5.74, 6) is 0. The van der Waals surface area contributed by atoms with Crippen molar-refractivity contribution in [2.75, 3.05) is 0 Å². The van der Waals surface area contributed by atoms with Crippen LogP contribution in [0.3, 0.4) is 0 Å². The van der Waals surface area contributed by atoms with Gasteiger partial charge in [-0.25, -0.2) is 0 Å². The van der Waals surface area contributed by atoms with Crippen molar-refractivity contribution in [1.29, 1.82) is 0 Å². The summed E-state index contributed by atoms with van der Waals surface area (Å²) < 4.78 is 0. The predicted octanol–water partition coefficient (Wildman–Crippen LogP) is 6.90. The summed E-state index contributed by atoms with van der Waals surface area (Å²) in [5.41, 5.74) is 5.35. The minimum absolute atomic E-state index is 0. The third-order valence-electron chi connectivity index (χ3n) is 3.76. The Kier molecular flexibility index (Phi) is 8.93. The van der Waals surface area contributed by atoms with Crippen LogP contribution in [-0.4, -0.2) is 0 Å². The maximum atomic E-state index is 2.25. The molecule has 0 nitrogen and oxygen atoms in total. The monoisotopic (exact) mass is 356 g/mol. The lowest BCUT2D eigenvalue weighted by Gasteiger charge is -1.96. The summed E-state index contributed by atoms with van der Waals surface area (Å²) in [7, 11) is 0. The molecule has 0 spiro atoms. The quantitative estimate of drug-likeness (QED) is 0.548. The minimum atomic E-state index is 0. The second-order valence-corrected chi connectivity index (χ2v) is 5.33. The van der Waals surface area contributed by atoms with E-state index in [1.54, 1.807) is 0 Å². The molecule has 24 heavy (non-hydrogen) atoms. The zero-order chi connectivity index (χ0) is 15.0. The molecule has 0 amide bonds. The van der Waals surface area contributed by atoms with Crippen LogP contribution in [0.25, 0.3) is 11.1 Å². The van der Waals surface area contributed by atoms with Gasteiger partial charge in [0.1, 0.15) is 0 Å². The van der Waals surface area contributed by atoms with E-state index in [1.165, 1.54) is 22.3 Å². The second kappa shape index (κ2) is 10.7. The van der Waals surface area contributed by atoms with E-state index < -0.39 is 0 Å². The Hall–Kier alpha value is -2.02. The molecule has 0 aromatic heterocycles. The third-order valence-corrected chi connectivity index (χ3v) is 3.76. The van der Waals surface area contributed by atoms with E-state index >= 15 is 0 Å². The molecule has 124 valence electrons. The van der Waals surface area contributed by atoms with Crippen molar-refractivity contribution in [3.05, 3.63) is 108 Å². The van der Waals surface area contributed by atoms with Crippen LogP contribution in [0.1, 0.15) is 24.0 Å². The highest BCUT2D eigenvalue weighted by molar-refractivity contribution is 5.85. The van der Waals surface area contributed by atoms with Gasteiger partial charge in [-0.2, -0.15) is 0 Å². The largest absolute Gasteiger partial charge is 0.147 e. The molecule has 0 heterocycles. The number of halogens is 2. The van der Waals surface area contributed by atoms with Crippen LogP contribution in [-0.2, 0) is 0 Å². The molecule has 2 aromatic rings. The van der Waals surface area contributed by atoms with E-state index in [2.05, 4.69) is 85.0 Å². The average molecular weight is 357 g/mol. The lowest BCUT2D eigenvalue weighted by molar-refractivity contribution is 1.45. The van der Waals surface area contributed by atoms with Crippen LogP contribution in [0.2, 0.25) is 0 Å². The molecule has 0 radical (unpaired) electrons. The Balaban J connectivity index is 0.000000222. The number of hydrogen-bond acceptors (Lipinski definition) is 0. The van der Waals surface area contributed by atoms with E-state index in [9.17, 15) is 0 Å². The van der Waals surface area contributed by atoms with Gasteiger partial charge in [0.15, 0.2) is 0 Å². The molecule has 2 aliphatic rings. The topological polar surface area (TPSA) is 0 Å². The first-order valence-electron chi connectivity index (χ1n) is 7.78. The molecule has 0 unspecified atom stereocenters. The SMILES string of the molecule is C1=CC(c2ccccc2)=CC1.C1=CC(c2ccccc2)=CC1.Cl.Cl. The minimum Gasteiger partial charge on any atom is -0.147 e. The number of hydrogen-bond donors (Lipinski definition) is 0. The van der Waals surface area contributed by atoms with E-state index in [-0.39, 0.29) is 24.8 Å². The number of benzene rings is 2. The van der Waals surface area contributed by atoms with Crippen LogP contribution in [0, 0.1) is 0 Å². The van der Waals surface area contributed by atoms with Crippen LogP contribution in [0.15, 0.2) is 97.1 Å². The molecule has 0 N–H and O–H groups in total. The molecule has 0 fully saturated rings. The molecular weight excluding hydrogens is 335 g/mol. The van der Waals surface area contributed by atoms with Crippen LogP contribution in [0.5, 0.6) is 0 Å². The van der Waals surface area contributed by atoms with Crippen molar-refractivity contribution in [2.45, 2.75) is 12.8 Å². The first-order valence-corrected chi connectivity index (χ1v) is 7.78. The highest BCUT2D eigenvalue weighted by Crippen LogP contribution is 2.21. The smallest absolute Gasteiger partial charge is 0.0157 e. The Morgan fingerprint density at radius 2 is 0.875 bits per heavy atom. The molecule has 0 atom stereocenters. The lowest BCUT2D eigenvalue weighted by atomic mass is 10.1.